The van der Waals surface area contributed by atoms with Crippen molar-refractivity contribution in [1.82, 2.24) is 10.6 Å². The van der Waals surface area contributed by atoms with Gasteiger partial charge in [-0.1, -0.05) is 19.1 Å². The molecule has 168 valence electrons. The van der Waals surface area contributed by atoms with Gasteiger partial charge in [-0.15, -0.1) is 0 Å². The predicted octanol–water partition coefficient (Wildman–Crippen LogP) is 3.54. The number of urea groups is 1. The van der Waals surface area contributed by atoms with Crippen molar-refractivity contribution in [2.24, 2.45) is 0 Å². The van der Waals surface area contributed by atoms with Gasteiger partial charge in [0.1, 0.15) is 18.1 Å². The van der Waals surface area contributed by atoms with Crippen molar-refractivity contribution >= 4 is 17.8 Å². The largest absolute Gasteiger partial charge is 0.497 e. The minimum absolute atomic E-state index is 0.0387. The van der Waals surface area contributed by atoms with Gasteiger partial charge >= 0.3 is 12.0 Å². The second kappa shape index (κ2) is 10.5. The maximum Gasteiger partial charge on any atom is 0.338 e. The van der Waals surface area contributed by atoms with Crippen molar-refractivity contribution in [2.75, 3.05) is 20.3 Å². The van der Waals surface area contributed by atoms with Crippen LogP contribution in [0.15, 0.2) is 59.8 Å². The lowest BCUT2D eigenvalue weighted by atomic mass is 9.95. The standard InChI is InChI=1S/C24H26N2O6/c1-4-20(27)15-6-12-18(13-7-15)32-14-19-21(23(28)31-5-2)22(26-24(29)25-19)16-8-10-17(30-3)11-9-16/h6-13,22H,4-5,14H2,1-3H3,(H2,25,26,29). The number of benzene rings is 2. The lowest BCUT2D eigenvalue weighted by molar-refractivity contribution is -0.139. The van der Waals surface area contributed by atoms with Gasteiger partial charge < -0.3 is 24.8 Å². The summed E-state index contributed by atoms with van der Waals surface area (Å²) in [5.41, 5.74) is 1.86. The van der Waals surface area contributed by atoms with E-state index in [1.807, 2.05) is 0 Å². The van der Waals surface area contributed by atoms with Crippen LogP contribution in [0.2, 0.25) is 0 Å². The summed E-state index contributed by atoms with van der Waals surface area (Å²) in [4.78, 5) is 36.9. The van der Waals surface area contributed by atoms with Crippen molar-refractivity contribution in [3.05, 3.63) is 70.9 Å². The molecular formula is C24H26N2O6. The fourth-order valence-corrected chi connectivity index (χ4v) is 3.32. The molecule has 1 unspecified atom stereocenters. The topological polar surface area (TPSA) is 103 Å². The third-order valence-electron chi connectivity index (χ3n) is 4.98. The van der Waals surface area contributed by atoms with Crippen LogP contribution in [0, 0.1) is 0 Å². The van der Waals surface area contributed by atoms with Gasteiger partial charge in [0.15, 0.2) is 5.78 Å². The van der Waals surface area contributed by atoms with Gasteiger partial charge in [0.25, 0.3) is 0 Å². The fraction of sp³-hybridized carbons (Fsp3) is 0.292. The van der Waals surface area contributed by atoms with Crippen LogP contribution in [0.4, 0.5) is 4.79 Å². The number of amides is 2. The smallest absolute Gasteiger partial charge is 0.338 e. The van der Waals surface area contributed by atoms with Gasteiger partial charge in [-0.3, -0.25) is 4.79 Å². The van der Waals surface area contributed by atoms with Crippen LogP contribution < -0.4 is 20.1 Å². The summed E-state index contributed by atoms with van der Waals surface area (Å²) >= 11 is 0. The highest BCUT2D eigenvalue weighted by Crippen LogP contribution is 2.29. The molecule has 0 saturated heterocycles. The van der Waals surface area contributed by atoms with Gasteiger partial charge in [0.05, 0.1) is 31.0 Å². The van der Waals surface area contributed by atoms with E-state index < -0.39 is 18.0 Å². The summed E-state index contributed by atoms with van der Waals surface area (Å²) in [6, 6.07) is 12.6. The molecule has 8 heteroatoms. The highest BCUT2D eigenvalue weighted by atomic mass is 16.5. The fourth-order valence-electron chi connectivity index (χ4n) is 3.32. The molecule has 3 rings (SSSR count). The normalized spacial score (nSPS) is 15.5. The first kappa shape index (κ1) is 22.9. The van der Waals surface area contributed by atoms with Crippen LogP contribution in [0.25, 0.3) is 0 Å². The van der Waals surface area contributed by atoms with E-state index >= 15 is 0 Å². The quantitative estimate of drug-likeness (QED) is 0.459. The number of Topliss-reactive ketones (excluding diaryl/α,β-unsaturated/α-hetero) is 1. The molecule has 0 aliphatic carbocycles. The van der Waals surface area contributed by atoms with E-state index in [4.69, 9.17) is 14.2 Å². The Morgan fingerprint density at radius 2 is 1.62 bits per heavy atom. The number of rotatable bonds is 9. The molecule has 1 aliphatic heterocycles. The average Bonchev–Trinajstić information content (AvgIpc) is 2.82. The molecule has 2 N–H and O–H groups in total. The number of ketones is 1. The molecule has 1 heterocycles. The number of carbonyl (C=O) groups excluding carboxylic acids is 3. The molecule has 2 amide bonds. The van der Waals surface area contributed by atoms with E-state index in [-0.39, 0.29) is 24.6 Å². The summed E-state index contributed by atoms with van der Waals surface area (Å²) in [6.07, 6.45) is 0.418. The first-order valence-electron chi connectivity index (χ1n) is 10.3. The maximum absolute atomic E-state index is 12.8. The Balaban J connectivity index is 1.89. The second-order valence-electron chi connectivity index (χ2n) is 7.01. The van der Waals surface area contributed by atoms with Crippen molar-refractivity contribution in [3.63, 3.8) is 0 Å². The molecule has 0 spiro atoms. The summed E-state index contributed by atoms with van der Waals surface area (Å²) in [5, 5.41) is 5.43. The lowest BCUT2D eigenvalue weighted by Gasteiger charge is -2.29. The Morgan fingerprint density at radius 3 is 2.22 bits per heavy atom. The molecule has 2 aromatic carbocycles. The Labute approximate surface area is 186 Å². The Hall–Kier alpha value is -3.81. The van der Waals surface area contributed by atoms with E-state index in [0.29, 0.717) is 34.7 Å². The molecule has 0 bridgehead atoms. The number of methoxy groups -OCH3 is 1. The first-order chi connectivity index (χ1) is 15.5. The van der Waals surface area contributed by atoms with Gasteiger partial charge in [0.2, 0.25) is 0 Å². The van der Waals surface area contributed by atoms with E-state index in [0.717, 1.165) is 0 Å². The van der Waals surface area contributed by atoms with Gasteiger partial charge in [-0.25, -0.2) is 9.59 Å². The van der Waals surface area contributed by atoms with Crippen LogP contribution in [0.3, 0.4) is 0 Å². The highest BCUT2D eigenvalue weighted by molar-refractivity contribution is 5.96. The van der Waals surface area contributed by atoms with E-state index in [1.165, 1.54) is 0 Å². The van der Waals surface area contributed by atoms with Crippen molar-refractivity contribution in [3.8, 4) is 11.5 Å². The highest BCUT2D eigenvalue weighted by Gasteiger charge is 2.34. The average molecular weight is 438 g/mol. The molecule has 0 aromatic heterocycles. The molecule has 2 aromatic rings. The Kier molecular flexibility index (Phi) is 7.49. The Bertz CT molecular complexity index is 1010. The Morgan fingerprint density at radius 1 is 0.969 bits per heavy atom. The third-order valence-corrected chi connectivity index (χ3v) is 4.98. The van der Waals surface area contributed by atoms with Crippen LogP contribution in [0.5, 0.6) is 11.5 Å². The zero-order chi connectivity index (χ0) is 23.1. The summed E-state index contributed by atoms with van der Waals surface area (Å²) in [6.45, 7) is 3.64. The van der Waals surface area contributed by atoms with E-state index in [2.05, 4.69) is 10.6 Å². The van der Waals surface area contributed by atoms with Gasteiger partial charge in [-0.05, 0) is 48.9 Å². The van der Waals surface area contributed by atoms with Crippen LogP contribution in [-0.2, 0) is 9.53 Å². The maximum atomic E-state index is 12.8. The molecule has 8 nitrogen and oxygen atoms in total. The number of nitrogens with one attached hydrogen (secondary N) is 2. The molecule has 1 aliphatic rings. The first-order valence-corrected chi connectivity index (χ1v) is 10.3. The van der Waals surface area contributed by atoms with Crippen LogP contribution in [-0.4, -0.2) is 38.1 Å². The van der Waals surface area contributed by atoms with Gasteiger partial charge in [0, 0.05) is 12.0 Å². The minimum atomic E-state index is -0.711. The number of esters is 1. The summed E-state index contributed by atoms with van der Waals surface area (Å²) in [7, 11) is 1.56. The molecular weight excluding hydrogens is 412 g/mol. The number of hydrogen-bond donors (Lipinski definition) is 2. The lowest BCUT2D eigenvalue weighted by Crippen LogP contribution is -2.47. The number of hydrogen-bond acceptors (Lipinski definition) is 6. The van der Waals surface area contributed by atoms with Crippen LogP contribution in [0.1, 0.15) is 42.2 Å². The minimum Gasteiger partial charge on any atom is -0.497 e. The third kappa shape index (κ3) is 5.26. The molecule has 0 saturated carbocycles. The van der Waals surface area contributed by atoms with Crippen molar-refractivity contribution in [1.29, 1.82) is 0 Å². The summed E-state index contributed by atoms with van der Waals surface area (Å²) < 4.78 is 16.2. The second-order valence-corrected chi connectivity index (χ2v) is 7.01. The van der Waals surface area contributed by atoms with E-state index in [1.54, 1.807) is 69.5 Å². The monoisotopic (exact) mass is 438 g/mol. The molecule has 32 heavy (non-hydrogen) atoms. The zero-order valence-corrected chi connectivity index (χ0v) is 18.3. The number of ether oxygens (including phenoxy) is 3. The van der Waals surface area contributed by atoms with Crippen LogP contribution >= 0.6 is 0 Å². The summed E-state index contributed by atoms with van der Waals surface area (Å²) in [5.74, 6) is 0.645. The molecule has 0 radical (unpaired) electrons. The SMILES string of the molecule is CCOC(=O)C1=C(COc2ccc(C(=O)CC)cc2)NC(=O)NC1c1ccc(OC)cc1. The molecule has 0 fully saturated rings. The van der Waals surface area contributed by atoms with Crippen molar-refractivity contribution in [2.45, 2.75) is 26.3 Å². The number of carbonyl (C=O) groups is 3. The van der Waals surface area contributed by atoms with E-state index in [9.17, 15) is 14.4 Å². The zero-order valence-electron chi connectivity index (χ0n) is 18.3. The molecule has 1 atom stereocenters. The van der Waals surface area contributed by atoms with Gasteiger partial charge in [-0.2, -0.15) is 0 Å². The predicted molar refractivity (Wildman–Crippen MR) is 118 cm³/mol. The van der Waals surface area contributed by atoms with Crippen molar-refractivity contribution < 1.29 is 28.6 Å².